The van der Waals surface area contributed by atoms with E-state index in [2.05, 4.69) is 4.98 Å². The largest absolute Gasteiger partial charge is 0.478 e. The molecule has 1 atom stereocenters. The molecule has 2 rings (SSSR count). The molecule has 0 bridgehead atoms. The summed E-state index contributed by atoms with van der Waals surface area (Å²) in [5, 5.41) is 9.29. The van der Waals surface area contributed by atoms with Gasteiger partial charge in [0.15, 0.2) is 0 Å². The van der Waals surface area contributed by atoms with Gasteiger partial charge < -0.3 is 14.8 Å². The van der Waals surface area contributed by atoms with Gasteiger partial charge in [-0.05, 0) is 18.1 Å². The molecular formula is C14H16N2O5. The number of esters is 1. The molecule has 1 unspecified atom stereocenters. The van der Waals surface area contributed by atoms with Crippen LogP contribution in [0.1, 0.15) is 30.2 Å². The Morgan fingerprint density at radius 3 is 2.52 bits per heavy atom. The second-order valence-electron chi connectivity index (χ2n) is 5.02. The van der Waals surface area contributed by atoms with Gasteiger partial charge in [0.1, 0.15) is 6.04 Å². The molecule has 7 nitrogen and oxygen atoms in total. The van der Waals surface area contributed by atoms with Gasteiger partial charge in [0.2, 0.25) is 0 Å². The lowest BCUT2D eigenvalue weighted by atomic mass is 10.0. The minimum Gasteiger partial charge on any atom is -0.478 e. The Kier molecular flexibility index (Phi) is 3.84. The molecule has 0 aliphatic rings. The van der Waals surface area contributed by atoms with Crippen molar-refractivity contribution in [3.05, 3.63) is 34.2 Å². The fourth-order valence-electron chi connectivity index (χ4n) is 2.42. The van der Waals surface area contributed by atoms with Gasteiger partial charge in [0.05, 0.1) is 23.7 Å². The molecule has 1 aromatic carbocycles. The Bertz CT molecular complexity index is 756. The average molecular weight is 292 g/mol. The van der Waals surface area contributed by atoms with Gasteiger partial charge in [0.25, 0.3) is 0 Å². The third-order valence-corrected chi connectivity index (χ3v) is 3.32. The fourth-order valence-corrected chi connectivity index (χ4v) is 2.42. The predicted molar refractivity (Wildman–Crippen MR) is 75.4 cm³/mol. The minimum atomic E-state index is -1.17. The quantitative estimate of drug-likeness (QED) is 0.829. The summed E-state index contributed by atoms with van der Waals surface area (Å²) in [6.07, 6.45) is 0. The standard InChI is InChI=1S/C14H16N2O5/c1-7(2)10(13(19)21-3)16-11-8(12(17)18)5-4-6-9(11)15-14(16)20/h4-7,10H,1-3H3,(H,15,20)(H,17,18). The number of aromatic amines is 1. The Balaban J connectivity index is 2.84. The first kappa shape index (κ1) is 14.8. The van der Waals surface area contributed by atoms with E-state index in [9.17, 15) is 19.5 Å². The SMILES string of the molecule is COC(=O)C(C(C)C)n1c(=O)[nH]c2cccc(C(=O)O)c21. The van der Waals surface area contributed by atoms with Crippen LogP contribution in [0.3, 0.4) is 0 Å². The molecule has 0 saturated heterocycles. The lowest BCUT2D eigenvalue weighted by Gasteiger charge is -2.20. The highest BCUT2D eigenvalue weighted by Crippen LogP contribution is 2.25. The van der Waals surface area contributed by atoms with E-state index in [0.29, 0.717) is 5.52 Å². The number of methoxy groups -OCH3 is 1. The van der Waals surface area contributed by atoms with Gasteiger partial charge >= 0.3 is 17.6 Å². The van der Waals surface area contributed by atoms with Crippen LogP contribution in [-0.4, -0.2) is 33.7 Å². The number of carboxylic acid groups (broad SMARTS) is 1. The summed E-state index contributed by atoms with van der Waals surface area (Å²) in [6.45, 7) is 3.52. The molecule has 7 heteroatoms. The van der Waals surface area contributed by atoms with E-state index in [1.165, 1.54) is 19.2 Å². The maximum atomic E-state index is 12.2. The van der Waals surface area contributed by atoms with Gasteiger partial charge in [-0.15, -0.1) is 0 Å². The van der Waals surface area contributed by atoms with Crippen LogP contribution in [0.2, 0.25) is 0 Å². The van der Waals surface area contributed by atoms with Crippen LogP contribution < -0.4 is 5.69 Å². The number of ether oxygens (including phenoxy) is 1. The average Bonchev–Trinajstić information content (AvgIpc) is 2.74. The number of nitrogens with one attached hydrogen (secondary N) is 1. The van der Waals surface area contributed by atoms with Crippen LogP contribution in [-0.2, 0) is 9.53 Å². The molecule has 0 radical (unpaired) electrons. The summed E-state index contributed by atoms with van der Waals surface area (Å²) in [5.74, 6) is -2.00. The topological polar surface area (TPSA) is 101 Å². The van der Waals surface area contributed by atoms with E-state index < -0.39 is 23.7 Å². The number of carboxylic acids is 1. The number of hydrogen-bond acceptors (Lipinski definition) is 4. The van der Waals surface area contributed by atoms with E-state index in [0.717, 1.165) is 4.57 Å². The third kappa shape index (κ3) is 2.42. The molecule has 0 fully saturated rings. The molecule has 0 aliphatic heterocycles. The van der Waals surface area contributed by atoms with E-state index in [1.54, 1.807) is 19.9 Å². The van der Waals surface area contributed by atoms with Crippen LogP contribution >= 0.6 is 0 Å². The minimum absolute atomic E-state index is 0.0413. The molecule has 2 N–H and O–H groups in total. The Morgan fingerprint density at radius 2 is 2.00 bits per heavy atom. The molecule has 112 valence electrons. The van der Waals surface area contributed by atoms with E-state index >= 15 is 0 Å². The predicted octanol–water partition coefficient (Wildman–Crippen LogP) is 1.40. The van der Waals surface area contributed by atoms with E-state index in [4.69, 9.17) is 4.74 Å². The first-order valence-corrected chi connectivity index (χ1v) is 6.42. The van der Waals surface area contributed by atoms with Gasteiger partial charge in [-0.3, -0.25) is 4.57 Å². The zero-order valence-corrected chi connectivity index (χ0v) is 11.9. The van der Waals surface area contributed by atoms with Crippen molar-refractivity contribution in [1.82, 2.24) is 9.55 Å². The number of hydrogen-bond donors (Lipinski definition) is 2. The maximum absolute atomic E-state index is 12.2. The van der Waals surface area contributed by atoms with Crippen molar-refractivity contribution in [2.45, 2.75) is 19.9 Å². The third-order valence-electron chi connectivity index (χ3n) is 3.32. The van der Waals surface area contributed by atoms with Crippen molar-refractivity contribution in [2.24, 2.45) is 5.92 Å². The van der Waals surface area contributed by atoms with Crippen LogP contribution in [0.25, 0.3) is 11.0 Å². The first-order valence-electron chi connectivity index (χ1n) is 6.42. The number of benzene rings is 1. The molecular weight excluding hydrogens is 276 g/mol. The van der Waals surface area contributed by atoms with Crippen LogP contribution in [0.15, 0.2) is 23.0 Å². The van der Waals surface area contributed by atoms with Crippen molar-refractivity contribution in [1.29, 1.82) is 0 Å². The second kappa shape index (κ2) is 5.43. The van der Waals surface area contributed by atoms with Crippen molar-refractivity contribution < 1.29 is 19.4 Å². The Hall–Kier alpha value is -2.57. The van der Waals surface area contributed by atoms with Gasteiger partial charge in [-0.1, -0.05) is 19.9 Å². The molecule has 1 heterocycles. The molecule has 0 amide bonds. The highest BCUT2D eigenvalue weighted by atomic mass is 16.5. The summed E-state index contributed by atoms with van der Waals surface area (Å²) < 4.78 is 5.90. The number of nitrogens with zero attached hydrogens (tertiary/aromatic N) is 1. The number of fused-ring (bicyclic) bond motifs is 1. The molecule has 0 saturated carbocycles. The number of aromatic nitrogens is 2. The van der Waals surface area contributed by atoms with Gasteiger partial charge in [-0.2, -0.15) is 0 Å². The first-order chi connectivity index (χ1) is 9.88. The number of H-pyrrole nitrogens is 1. The second-order valence-corrected chi connectivity index (χ2v) is 5.02. The summed E-state index contributed by atoms with van der Waals surface area (Å²) >= 11 is 0. The summed E-state index contributed by atoms with van der Waals surface area (Å²) in [6, 6.07) is 3.63. The number of para-hydroxylation sites is 1. The van der Waals surface area contributed by atoms with E-state index in [1.807, 2.05) is 0 Å². The Morgan fingerprint density at radius 1 is 1.33 bits per heavy atom. The smallest absolute Gasteiger partial charge is 0.337 e. The van der Waals surface area contributed by atoms with Gasteiger partial charge in [-0.25, -0.2) is 14.4 Å². The maximum Gasteiger partial charge on any atom is 0.337 e. The van der Waals surface area contributed by atoms with Crippen molar-refractivity contribution >= 4 is 23.0 Å². The zero-order chi connectivity index (χ0) is 15.7. The summed E-state index contributed by atoms with van der Waals surface area (Å²) in [4.78, 5) is 38.1. The number of imidazole rings is 1. The normalized spacial score (nSPS) is 12.6. The summed E-state index contributed by atoms with van der Waals surface area (Å²) in [5.41, 5.74) is -0.0169. The summed E-state index contributed by atoms with van der Waals surface area (Å²) in [7, 11) is 1.23. The lowest BCUT2D eigenvalue weighted by molar-refractivity contribution is -0.146. The van der Waals surface area contributed by atoms with Crippen LogP contribution in [0, 0.1) is 5.92 Å². The van der Waals surface area contributed by atoms with E-state index in [-0.39, 0.29) is 17.0 Å². The Labute approximate surface area is 120 Å². The highest BCUT2D eigenvalue weighted by molar-refractivity contribution is 6.01. The zero-order valence-electron chi connectivity index (χ0n) is 11.9. The fraction of sp³-hybridized carbons (Fsp3) is 0.357. The van der Waals surface area contributed by atoms with Crippen LogP contribution in [0.4, 0.5) is 0 Å². The van der Waals surface area contributed by atoms with Crippen molar-refractivity contribution in [3.63, 3.8) is 0 Å². The molecule has 2 aromatic rings. The van der Waals surface area contributed by atoms with Crippen molar-refractivity contribution in [2.75, 3.05) is 7.11 Å². The monoisotopic (exact) mass is 292 g/mol. The molecule has 0 aliphatic carbocycles. The highest BCUT2D eigenvalue weighted by Gasteiger charge is 2.30. The van der Waals surface area contributed by atoms with Crippen molar-refractivity contribution in [3.8, 4) is 0 Å². The number of aromatic carboxylic acids is 1. The number of carbonyl (C=O) groups is 2. The van der Waals surface area contributed by atoms with Gasteiger partial charge in [0, 0.05) is 0 Å². The number of rotatable bonds is 4. The molecule has 21 heavy (non-hydrogen) atoms. The lowest BCUT2D eigenvalue weighted by Crippen LogP contribution is -2.33. The van der Waals surface area contributed by atoms with Crippen LogP contribution in [0.5, 0.6) is 0 Å². The molecule has 1 aromatic heterocycles. The molecule has 0 spiro atoms. The number of carbonyl (C=O) groups excluding carboxylic acids is 1.